The van der Waals surface area contributed by atoms with Crippen LogP contribution in [0.15, 0.2) is 53.1 Å². The molecule has 3 nitrogen and oxygen atoms in total. The van der Waals surface area contributed by atoms with Crippen molar-refractivity contribution in [1.29, 1.82) is 0 Å². The number of furan rings is 1. The molecule has 3 rings (SSSR count). The summed E-state index contributed by atoms with van der Waals surface area (Å²) in [4.78, 5) is 12.4. The van der Waals surface area contributed by atoms with Crippen molar-refractivity contribution in [2.75, 3.05) is 5.32 Å². The molecule has 2 aromatic carbocycles. The maximum Gasteiger partial charge on any atom is 0.228 e. The third-order valence-corrected chi connectivity index (χ3v) is 4.02. The quantitative estimate of drug-likeness (QED) is 0.733. The van der Waals surface area contributed by atoms with Gasteiger partial charge in [0.15, 0.2) is 0 Å². The first-order valence-electron chi connectivity index (χ1n) is 7.90. The van der Waals surface area contributed by atoms with Gasteiger partial charge in [-0.15, -0.1) is 0 Å². The maximum atomic E-state index is 12.4. The molecule has 0 aliphatic rings. The lowest BCUT2D eigenvalue weighted by molar-refractivity contribution is -0.115. The van der Waals surface area contributed by atoms with Gasteiger partial charge in [0.2, 0.25) is 5.91 Å². The molecule has 0 spiro atoms. The fraction of sp³-hybridized carbons (Fsp3) is 0.250. The van der Waals surface area contributed by atoms with Crippen LogP contribution in [-0.2, 0) is 11.2 Å². The van der Waals surface area contributed by atoms with E-state index in [1.54, 1.807) is 6.26 Å². The number of carbonyl (C=O) groups is 1. The smallest absolute Gasteiger partial charge is 0.228 e. The molecule has 1 heterocycles. The fourth-order valence-corrected chi connectivity index (χ4v) is 2.81. The van der Waals surface area contributed by atoms with Crippen molar-refractivity contribution in [1.82, 2.24) is 0 Å². The Hall–Kier alpha value is -2.55. The average Bonchev–Trinajstić information content (AvgIpc) is 2.89. The van der Waals surface area contributed by atoms with Crippen molar-refractivity contribution >= 4 is 22.6 Å². The van der Waals surface area contributed by atoms with E-state index in [1.165, 1.54) is 0 Å². The van der Waals surface area contributed by atoms with Gasteiger partial charge < -0.3 is 9.73 Å². The van der Waals surface area contributed by atoms with Gasteiger partial charge in [-0.25, -0.2) is 0 Å². The van der Waals surface area contributed by atoms with Crippen molar-refractivity contribution < 1.29 is 9.21 Å². The van der Waals surface area contributed by atoms with Crippen LogP contribution in [0.25, 0.3) is 11.0 Å². The number of hydrogen-bond acceptors (Lipinski definition) is 2. The van der Waals surface area contributed by atoms with Gasteiger partial charge in [-0.05, 0) is 36.1 Å². The molecule has 23 heavy (non-hydrogen) atoms. The lowest BCUT2D eigenvalue weighted by Crippen LogP contribution is -2.15. The Morgan fingerprint density at radius 2 is 1.96 bits per heavy atom. The number of fused-ring (bicyclic) bond motifs is 1. The Morgan fingerprint density at radius 1 is 1.17 bits per heavy atom. The molecule has 0 unspecified atom stereocenters. The molecule has 1 aromatic heterocycles. The zero-order chi connectivity index (χ0) is 16.4. The molecular formula is C20H21NO2. The SMILES string of the molecule is Cc1ccc2c(CC(=O)Nc3ccccc3C(C)C)coc2c1. The summed E-state index contributed by atoms with van der Waals surface area (Å²) in [6, 6.07) is 14.0. The van der Waals surface area contributed by atoms with E-state index in [0.29, 0.717) is 12.3 Å². The molecule has 0 saturated carbocycles. The molecule has 0 saturated heterocycles. The van der Waals surface area contributed by atoms with Gasteiger partial charge in [0, 0.05) is 16.6 Å². The van der Waals surface area contributed by atoms with E-state index in [4.69, 9.17) is 4.42 Å². The highest BCUT2D eigenvalue weighted by Gasteiger charge is 2.13. The lowest BCUT2D eigenvalue weighted by Gasteiger charge is -2.13. The van der Waals surface area contributed by atoms with E-state index in [9.17, 15) is 4.79 Å². The molecule has 118 valence electrons. The Morgan fingerprint density at radius 3 is 2.74 bits per heavy atom. The van der Waals surface area contributed by atoms with Crippen molar-refractivity contribution in [2.45, 2.75) is 33.1 Å². The van der Waals surface area contributed by atoms with Gasteiger partial charge in [-0.1, -0.05) is 44.2 Å². The minimum absolute atomic E-state index is 0.0265. The number of amides is 1. The monoisotopic (exact) mass is 307 g/mol. The van der Waals surface area contributed by atoms with Gasteiger partial charge in [0.05, 0.1) is 12.7 Å². The summed E-state index contributed by atoms with van der Waals surface area (Å²) in [6.45, 7) is 6.27. The minimum Gasteiger partial charge on any atom is -0.464 e. The Bertz CT molecular complexity index is 846. The lowest BCUT2D eigenvalue weighted by atomic mass is 10.0. The molecule has 0 aliphatic carbocycles. The standard InChI is InChI=1S/C20H21NO2/c1-13(2)16-6-4-5-7-18(16)21-20(22)11-15-12-23-19-10-14(3)8-9-17(15)19/h4-10,12-13H,11H2,1-3H3,(H,21,22). The zero-order valence-corrected chi connectivity index (χ0v) is 13.7. The van der Waals surface area contributed by atoms with Crippen LogP contribution in [-0.4, -0.2) is 5.91 Å². The van der Waals surface area contributed by atoms with E-state index in [-0.39, 0.29) is 5.91 Å². The normalized spacial score (nSPS) is 11.1. The summed E-state index contributed by atoms with van der Waals surface area (Å²) in [5.41, 5.74) is 4.92. The Labute approximate surface area is 136 Å². The minimum atomic E-state index is -0.0265. The number of carbonyl (C=O) groups excluding carboxylic acids is 1. The second-order valence-electron chi connectivity index (χ2n) is 6.23. The summed E-state index contributed by atoms with van der Waals surface area (Å²) in [6.07, 6.45) is 1.99. The zero-order valence-electron chi connectivity index (χ0n) is 13.7. The number of para-hydroxylation sites is 1. The topological polar surface area (TPSA) is 42.2 Å². The third kappa shape index (κ3) is 3.29. The highest BCUT2D eigenvalue weighted by Crippen LogP contribution is 2.25. The average molecular weight is 307 g/mol. The van der Waals surface area contributed by atoms with Crippen LogP contribution in [0.4, 0.5) is 5.69 Å². The predicted octanol–water partition coefficient (Wildman–Crippen LogP) is 5.05. The molecule has 1 N–H and O–H groups in total. The second kappa shape index (κ2) is 6.29. The van der Waals surface area contributed by atoms with Crippen molar-refractivity contribution in [3.05, 3.63) is 65.4 Å². The Balaban J connectivity index is 1.79. The molecule has 0 bridgehead atoms. The van der Waals surface area contributed by atoms with Crippen LogP contribution in [0.5, 0.6) is 0 Å². The molecule has 0 radical (unpaired) electrons. The number of rotatable bonds is 4. The summed E-state index contributed by atoms with van der Waals surface area (Å²) in [5.74, 6) is 0.339. The molecule has 1 amide bonds. The van der Waals surface area contributed by atoms with Crippen molar-refractivity contribution in [3.8, 4) is 0 Å². The highest BCUT2D eigenvalue weighted by atomic mass is 16.3. The largest absolute Gasteiger partial charge is 0.464 e. The number of anilines is 1. The number of aryl methyl sites for hydroxylation is 1. The summed E-state index contributed by atoms with van der Waals surface area (Å²) in [7, 11) is 0. The second-order valence-corrected chi connectivity index (χ2v) is 6.23. The number of benzene rings is 2. The van der Waals surface area contributed by atoms with E-state index in [0.717, 1.165) is 33.3 Å². The van der Waals surface area contributed by atoms with Gasteiger partial charge in [-0.2, -0.15) is 0 Å². The van der Waals surface area contributed by atoms with Crippen LogP contribution in [0, 0.1) is 6.92 Å². The fourth-order valence-electron chi connectivity index (χ4n) is 2.81. The van der Waals surface area contributed by atoms with Crippen LogP contribution in [0.1, 0.15) is 36.5 Å². The van der Waals surface area contributed by atoms with Crippen LogP contribution >= 0.6 is 0 Å². The van der Waals surface area contributed by atoms with Gasteiger partial charge in [-0.3, -0.25) is 4.79 Å². The first kappa shape index (κ1) is 15.3. The first-order valence-corrected chi connectivity index (χ1v) is 7.90. The van der Waals surface area contributed by atoms with Crippen molar-refractivity contribution in [2.24, 2.45) is 0 Å². The van der Waals surface area contributed by atoms with Crippen LogP contribution in [0.3, 0.4) is 0 Å². The van der Waals surface area contributed by atoms with E-state index in [1.807, 2.05) is 43.3 Å². The highest BCUT2D eigenvalue weighted by molar-refractivity contribution is 5.96. The van der Waals surface area contributed by atoms with Crippen molar-refractivity contribution in [3.63, 3.8) is 0 Å². The first-order chi connectivity index (χ1) is 11.0. The van der Waals surface area contributed by atoms with Crippen LogP contribution in [0.2, 0.25) is 0 Å². The molecule has 0 fully saturated rings. The Kier molecular flexibility index (Phi) is 4.20. The predicted molar refractivity (Wildman–Crippen MR) is 93.8 cm³/mol. The van der Waals surface area contributed by atoms with E-state index >= 15 is 0 Å². The molecule has 0 atom stereocenters. The molecule has 3 aromatic rings. The van der Waals surface area contributed by atoms with Gasteiger partial charge in [0.25, 0.3) is 0 Å². The molecule has 3 heteroatoms. The van der Waals surface area contributed by atoms with Crippen LogP contribution < -0.4 is 5.32 Å². The number of hydrogen-bond donors (Lipinski definition) is 1. The summed E-state index contributed by atoms with van der Waals surface area (Å²) >= 11 is 0. The van der Waals surface area contributed by atoms with E-state index < -0.39 is 0 Å². The maximum absolute atomic E-state index is 12.4. The number of nitrogens with one attached hydrogen (secondary N) is 1. The molecular weight excluding hydrogens is 286 g/mol. The molecule has 0 aliphatic heterocycles. The van der Waals surface area contributed by atoms with Gasteiger partial charge >= 0.3 is 0 Å². The van der Waals surface area contributed by atoms with E-state index in [2.05, 4.69) is 25.2 Å². The van der Waals surface area contributed by atoms with Gasteiger partial charge in [0.1, 0.15) is 5.58 Å². The summed E-state index contributed by atoms with van der Waals surface area (Å²) in [5, 5.41) is 4.03. The third-order valence-electron chi connectivity index (χ3n) is 4.02. The summed E-state index contributed by atoms with van der Waals surface area (Å²) < 4.78 is 5.56.